The number of benzene rings is 1. The van der Waals surface area contributed by atoms with Crippen LogP contribution in [0.25, 0.3) is 5.70 Å². The lowest BCUT2D eigenvalue weighted by molar-refractivity contribution is -0.136. The van der Waals surface area contributed by atoms with Gasteiger partial charge in [0.05, 0.1) is 24.6 Å². The Labute approximate surface area is 116 Å². The number of rotatable bonds is 4. The van der Waals surface area contributed by atoms with E-state index in [2.05, 4.69) is 4.74 Å². The Bertz CT molecular complexity index is 513. The van der Waals surface area contributed by atoms with Gasteiger partial charge < -0.3 is 4.74 Å². The molecule has 5 heteroatoms. The molecule has 2 rings (SSSR count). The van der Waals surface area contributed by atoms with E-state index in [4.69, 9.17) is 0 Å². The summed E-state index contributed by atoms with van der Waals surface area (Å²) in [6.45, 7) is 0. The number of nitrogens with zero attached hydrogens (tertiary/aromatic N) is 1. The summed E-state index contributed by atoms with van der Waals surface area (Å²) in [5.74, 6) is -0.434. The van der Waals surface area contributed by atoms with Gasteiger partial charge >= 0.3 is 5.97 Å². The predicted molar refractivity (Wildman–Crippen MR) is 75.2 cm³/mol. The lowest BCUT2D eigenvalue weighted by atomic mass is 10.1. The molecule has 4 nitrogen and oxygen atoms in total. The minimum atomic E-state index is -0.460. The van der Waals surface area contributed by atoms with Gasteiger partial charge in [0.25, 0.3) is 0 Å². The Hall–Kier alpha value is -1.75. The highest BCUT2D eigenvalue weighted by atomic mass is 32.2. The fourth-order valence-corrected chi connectivity index (χ4v) is 2.69. The maximum Gasteiger partial charge on any atom is 0.332 e. The quantitative estimate of drug-likeness (QED) is 0.480. The molecule has 1 fully saturated rings. The standard InChI is InChI=1S/C14H15NO3S/c1-18-14(17)8-11(10-6-4-3-5-7-10)15-12(16)9-13(15)19-2/h3-8,13H,9H2,1-2H3/b11-8-. The summed E-state index contributed by atoms with van der Waals surface area (Å²) in [6.07, 6.45) is 3.83. The number of ether oxygens (including phenoxy) is 1. The van der Waals surface area contributed by atoms with E-state index in [0.29, 0.717) is 12.1 Å². The molecule has 0 aromatic heterocycles. The van der Waals surface area contributed by atoms with Crippen molar-refractivity contribution in [2.45, 2.75) is 11.8 Å². The summed E-state index contributed by atoms with van der Waals surface area (Å²) in [7, 11) is 1.32. The van der Waals surface area contributed by atoms with Gasteiger partial charge in [-0.3, -0.25) is 9.69 Å². The fraction of sp³-hybridized carbons (Fsp3) is 0.286. The maximum absolute atomic E-state index is 11.8. The molecule has 1 heterocycles. The topological polar surface area (TPSA) is 46.6 Å². The Morgan fingerprint density at radius 1 is 1.42 bits per heavy atom. The normalized spacial score (nSPS) is 19.1. The summed E-state index contributed by atoms with van der Waals surface area (Å²) < 4.78 is 4.66. The zero-order valence-electron chi connectivity index (χ0n) is 10.8. The van der Waals surface area contributed by atoms with E-state index >= 15 is 0 Å². The van der Waals surface area contributed by atoms with Gasteiger partial charge in [-0.25, -0.2) is 4.79 Å². The number of likely N-dealkylation sites (tertiary alicyclic amines) is 1. The second-order valence-corrected chi connectivity index (χ2v) is 5.09. The van der Waals surface area contributed by atoms with E-state index in [0.717, 1.165) is 5.56 Å². The number of hydrogen-bond donors (Lipinski definition) is 0. The van der Waals surface area contributed by atoms with Crippen molar-refractivity contribution in [3.8, 4) is 0 Å². The second-order valence-electron chi connectivity index (χ2n) is 4.08. The smallest absolute Gasteiger partial charge is 0.332 e. The van der Waals surface area contributed by atoms with E-state index in [1.165, 1.54) is 13.2 Å². The number of carbonyl (C=O) groups is 2. The lowest BCUT2D eigenvalue weighted by Gasteiger charge is -2.40. The van der Waals surface area contributed by atoms with Crippen molar-refractivity contribution >= 4 is 29.3 Å². The van der Waals surface area contributed by atoms with Crippen LogP contribution in [0.15, 0.2) is 36.4 Å². The van der Waals surface area contributed by atoms with Gasteiger partial charge in [-0.2, -0.15) is 0 Å². The van der Waals surface area contributed by atoms with Crippen molar-refractivity contribution in [2.75, 3.05) is 13.4 Å². The molecule has 0 radical (unpaired) electrons. The minimum absolute atomic E-state index is 0.0263. The zero-order chi connectivity index (χ0) is 13.8. The molecule has 1 aliphatic heterocycles. The van der Waals surface area contributed by atoms with Crippen LogP contribution in [0, 0.1) is 0 Å². The third-order valence-electron chi connectivity index (χ3n) is 2.96. The molecule has 1 aliphatic rings. The molecule has 0 bridgehead atoms. The molecule has 0 aliphatic carbocycles. The monoisotopic (exact) mass is 277 g/mol. The van der Waals surface area contributed by atoms with Gasteiger partial charge in [0.2, 0.25) is 5.91 Å². The first-order valence-corrected chi connectivity index (χ1v) is 7.16. The van der Waals surface area contributed by atoms with E-state index < -0.39 is 5.97 Å². The average Bonchev–Trinajstić information content (AvgIpc) is 2.44. The van der Waals surface area contributed by atoms with Crippen LogP contribution in [0.5, 0.6) is 0 Å². The van der Waals surface area contributed by atoms with Crippen molar-refractivity contribution in [3.63, 3.8) is 0 Å². The van der Waals surface area contributed by atoms with E-state index in [-0.39, 0.29) is 11.3 Å². The number of esters is 1. The molecule has 0 spiro atoms. The molecule has 1 atom stereocenters. The number of methoxy groups -OCH3 is 1. The van der Waals surface area contributed by atoms with E-state index in [1.807, 2.05) is 36.6 Å². The third-order valence-corrected chi connectivity index (χ3v) is 3.88. The van der Waals surface area contributed by atoms with Crippen LogP contribution in [0.3, 0.4) is 0 Å². The van der Waals surface area contributed by atoms with Crippen molar-refractivity contribution in [3.05, 3.63) is 42.0 Å². The third kappa shape index (κ3) is 2.81. The van der Waals surface area contributed by atoms with Gasteiger partial charge in [-0.05, 0) is 11.8 Å². The molecule has 1 saturated heterocycles. The highest BCUT2D eigenvalue weighted by molar-refractivity contribution is 7.99. The number of amides is 1. The lowest BCUT2D eigenvalue weighted by Crippen LogP contribution is -2.49. The minimum Gasteiger partial charge on any atom is -0.466 e. The van der Waals surface area contributed by atoms with Gasteiger partial charge in [-0.15, -0.1) is 11.8 Å². The molecule has 1 aromatic carbocycles. The highest BCUT2D eigenvalue weighted by Crippen LogP contribution is 2.35. The Kier molecular flexibility index (Phi) is 4.27. The van der Waals surface area contributed by atoms with Crippen LogP contribution in [-0.4, -0.2) is 35.5 Å². The maximum atomic E-state index is 11.8. The summed E-state index contributed by atoms with van der Waals surface area (Å²) >= 11 is 1.59. The molecule has 1 aromatic rings. The molecular weight excluding hydrogens is 262 g/mol. The number of β-lactam (4-membered cyclic amide) rings is 1. The summed E-state index contributed by atoms with van der Waals surface area (Å²) in [6, 6.07) is 9.39. The van der Waals surface area contributed by atoms with Crippen LogP contribution in [0.2, 0.25) is 0 Å². The molecule has 0 saturated carbocycles. The summed E-state index contributed by atoms with van der Waals surface area (Å²) in [4.78, 5) is 25.0. The van der Waals surface area contributed by atoms with Crippen LogP contribution < -0.4 is 0 Å². The summed E-state index contributed by atoms with van der Waals surface area (Å²) in [5, 5.41) is 0.0867. The van der Waals surface area contributed by atoms with E-state index in [1.54, 1.807) is 16.7 Å². The van der Waals surface area contributed by atoms with Crippen LogP contribution in [0.4, 0.5) is 0 Å². The first-order chi connectivity index (χ1) is 9.17. The van der Waals surface area contributed by atoms with Gasteiger partial charge in [-0.1, -0.05) is 30.3 Å². The highest BCUT2D eigenvalue weighted by Gasteiger charge is 2.38. The molecule has 1 amide bonds. The number of carbonyl (C=O) groups excluding carboxylic acids is 2. The van der Waals surface area contributed by atoms with Gasteiger partial charge in [0, 0.05) is 6.08 Å². The Balaban J connectivity index is 2.38. The second kappa shape index (κ2) is 5.93. The zero-order valence-corrected chi connectivity index (χ0v) is 11.6. The molecule has 1 unspecified atom stereocenters. The van der Waals surface area contributed by atoms with Crippen molar-refractivity contribution in [1.82, 2.24) is 4.90 Å². The van der Waals surface area contributed by atoms with Gasteiger partial charge in [0.1, 0.15) is 0 Å². The first kappa shape index (κ1) is 13.7. The molecule has 0 N–H and O–H groups in total. The fourth-order valence-electron chi connectivity index (χ4n) is 1.94. The largest absolute Gasteiger partial charge is 0.466 e. The first-order valence-electron chi connectivity index (χ1n) is 5.87. The SMILES string of the molecule is COC(=O)/C=C(/c1ccccc1)N1C(=O)CC1SC. The van der Waals surface area contributed by atoms with Crippen molar-refractivity contribution < 1.29 is 14.3 Å². The number of thioether (sulfide) groups is 1. The van der Waals surface area contributed by atoms with Crippen LogP contribution in [0.1, 0.15) is 12.0 Å². The molecular formula is C14H15NO3S. The predicted octanol–water partition coefficient (Wildman–Crippen LogP) is 2.12. The summed E-state index contributed by atoms with van der Waals surface area (Å²) in [5.41, 5.74) is 1.43. The number of hydrogen-bond acceptors (Lipinski definition) is 4. The van der Waals surface area contributed by atoms with Crippen molar-refractivity contribution in [1.29, 1.82) is 0 Å². The van der Waals surface area contributed by atoms with Crippen LogP contribution in [-0.2, 0) is 14.3 Å². The van der Waals surface area contributed by atoms with E-state index in [9.17, 15) is 9.59 Å². The molecule has 100 valence electrons. The Morgan fingerprint density at radius 3 is 2.63 bits per heavy atom. The van der Waals surface area contributed by atoms with Crippen LogP contribution >= 0.6 is 11.8 Å². The molecule has 19 heavy (non-hydrogen) atoms. The van der Waals surface area contributed by atoms with Crippen molar-refractivity contribution in [2.24, 2.45) is 0 Å². The van der Waals surface area contributed by atoms with Gasteiger partial charge in [0.15, 0.2) is 0 Å². The Morgan fingerprint density at radius 2 is 2.11 bits per heavy atom. The average molecular weight is 277 g/mol.